The zero-order chi connectivity index (χ0) is 13.9. The highest BCUT2D eigenvalue weighted by Gasteiger charge is 2.29. The molecule has 6 heteroatoms. The number of imidazole rings is 1. The number of H-pyrrole nitrogens is 1. The van der Waals surface area contributed by atoms with Crippen LogP contribution in [0.25, 0.3) is 11.3 Å². The summed E-state index contributed by atoms with van der Waals surface area (Å²) in [5.74, 6) is 0.761. The molecule has 0 aliphatic rings. The molecule has 2 rings (SSSR count). The zero-order valence-electron chi connectivity index (χ0n) is 10.4. The first-order valence-electron chi connectivity index (χ1n) is 5.93. The maximum absolute atomic E-state index is 12.4. The van der Waals surface area contributed by atoms with Crippen LogP contribution in [0.15, 0.2) is 30.5 Å². The quantitative estimate of drug-likeness (QED) is 0.894. The van der Waals surface area contributed by atoms with Crippen LogP contribution >= 0.6 is 0 Å². The summed E-state index contributed by atoms with van der Waals surface area (Å²) in [4.78, 5) is 7.23. The molecule has 0 atom stereocenters. The van der Waals surface area contributed by atoms with Gasteiger partial charge in [-0.2, -0.15) is 13.2 Å². The largest absolute Gasteiger partial charge is 0.416 e. The Morgan fingerprint density at radius 3 is 2.47 bits per heavy atom. The maximum Gasteiger partial charge on any atom is 0.416 e. The third-order valence-electron chi connectivity index (χ3n) is 2.69. The molecule has 19 heavy (non-hydrogen) atoms. The van der Waals surface area contributed by atoms with E-state index in [4.69, 9.17) is 0 Å². The first-order valence-corrected chi connectivity index (χ1v) is 5.93. The minimum atomic E-state index is -4.30. The van der Waals surface area contributed by atoms with Gasteiger partial charge in [0.1, 0.15) is 5.82 Å². The molecule has 0 saturated heterocycles. The molecule has 1 aromatic heterocycles. The van der Waals surface area contributed by atoms with E-state index in [-0.39, 0.29) is 0 Å². The van der Waals surface area contributed by atoms with E-state index in [2.05, 4.69) is 15.3 Å². The molecule has 0 aliphatic carbocycles. The van der Waals surface area contributed by atoms with Gasteiger partial charge >= 0.3 is 6.18 Å². The van der Waals surface area contributed by atoms with Gasteiger partial charge in [0.25, 0.3) is 0 Å². The summed E-state index contributed by atoms with van der Waals surface area (Å²) in [6.45, 7) is 3.42. The minimum absolute atomic E-state index is 0.608. The van der Waals surface area contributed by atoms with Gasteiger partial charge in [-0.1, -0.05) is 19.1 Å². The zero-order valence-corrected chi connectivity index (χ0v) is 10.4. The van der Waals surface area contributed by atoms with Crippen LogP contribution in [0.3, 0.4) is 0 Å². The lowest BCUT2D eigenvalue weighted by Crippen LogP contribution is -2.12. The summed E-state index contributed by atoms with van der Waals surface area (Å²) < 4.78 is 37.3. The Hall–Kier alpha value is -1.82. The van der Waals surface area contributed by atoms with E-state index in [1.165, 1.54) is 12.1 Å². The Balaban J connectivity index is 2.16. The second-order valence-corrected chi connectivity index (χ2v) is 4.10. The fourth-order valence-electron chi connectivity index (χ4n) is 1.68. The number of nitrogens with zero attached hydrogens (tertiary/aromatic N) is 1. The maximum atomic E-state index is 12.4. The molecule has 0 radical (unpaired) electrons. The number of rotatable bonds is 4. The van der Waals surface area contributed by atoms with E-state index in [0.717, 1.165) is 24.5 Å². The summed E-state index contributed by atoms with van der Waals surface area (Å²) in [6.07, 6.45) is -2.68. The van der Waals surface area contributed by atoms with Gasteiger partial charge in [-0.25, -0.2) is 4.98 Å². The monoisotopic (exact) mass is 269 g/mol. The molecule has 0 unspecified atom stereocenters. The number of hydrogen-bond acceptors (Lipinski definition) is 2. The lowest BCUT2D eigenvalue weighted by atomic mass is 10.1. The van der Waals surface area contributed by atoms with Crippen LogP contribution in [0.2, 0.25) is 0 Å². The fourth-order valence-corrected chi connectivity index (χ4v) is 1.68. The Kier molecular flexibility index (Phi) is 3.90. The van der Waals surface area contributed by atoms with Crippen LogP contribution in [-0.2, 0) is 12.7 Å². The molecule has 2 aromatic rings. The molecule has 3 nitrogen and oxygen atoms in total. The molecule has 2 N–H and O–H groups in total. The Bertz CT molecular complexity index is 529. The van der Waals surface area contributed by atoms with E-state index < -0.39 is 11.7 Å². The van der Waals surface area contributed by atoms with Gasteiger partial charge in [-0.05, 0) is 24.2 Å². The van der Waals surface area contributed by atoms with Gasteiger partial charge in [0.2, 0.25) is 0 Å². The lowest BCUT2D eigenvalue weighted by molar-refractivity contribution is -0.137. The molecule has 0 spiro atoms. The molecule has 0 saturated carbocycles. The number of aromatic nitrogens is 2. The molecule has 0 fully saturated rings. The third-order valence-corrected chi connectivity index (χ3v) is 2.69. The Morgan fingerprint density at radius 1 is 1.21 bits per heavy atom. The van der Waals surface area contributed by atoms with Crippen molar-refractivity contribution in [2.24, 2.45) is 0 Å². The molecule has 0 aliphatic heterocycles. The van der Waals surface area contributed by atoms with Crippen molar-refractivity contribution in [2.75, 3.05) is 6.54 Å². The number of alkyl halides is 3. The van der Waals surface area contributed by atoms with Crippen LogP contribution in [0.4, 0.5) is 13.2 Å². The fraction of sp³-hybridized carbons (Fsp3) is 0.308. The standard InChI is InChI=1S/C13H14F3N3/c1-2-17-8-12-18-7-11(19-12)9-3-5-10(6-4-9)13(14,15)16/h3-7,17H,2,8H2,1H3,(H,18,19). The van der Waals surface area contributed by atoms with Gasteiger partial charge in [-0.3, -0.25) is 0 Å². The van der Waals surface area contributed by atoms with Crippen molar-refractivity contribution in [1.29, 1.82) is 0 Å². The minimum Gasteiger partial charge on any atom is -0.341 e. The molecule has 0 bridgehead atoms. The van der Waals surface area contributed by atoms with Crippen LogP contribution in [0, 0.1) is 0 Å². The van der Waals surface area contributed by atoms with Crippen molar-refractivity contribution in [2.45, 2.75) is 19.6 Å². The Labute approximate surface area is 108 Å². The second kappa shape index (κ2) is 5.44. The summed E-state index contributed by atoms with van der Waals surface area (Å²) in [6, 6.07) is 5.01. The van der Waals surface area contributed by atoms with Gasteiger partial charge in [0.15, 0.2) is 0 Å². The van der Waals surface area contributed by atoms with Crippen molar-refractivity contribution in [3.63, 3.8) is 0 Å². The van der Waals surface area contributed by atoms with Gasteiger partial charge in [-0.15, -0.1) is 0 Å². The first-order chi connectivity index (χ1) is 9.00. The summed E-state index contributed by atoms with van der Waals surface area (Å²) in [7, 11) is 0. The highest BCUT2D eigenvalue weighted by Crippen LogP contribution is 2.30. The second-order valence-electron chi connectivity index (χ2n) is 4.10. The summed E-state index contributed by atoms with van der Waals surface area (Å²) in [5, 5.41) is 3.12. The van der Waals surface area contributed by atoms with Crippen molar-refractivity contribution in [1.82, 2.24) is 15.3 Å². The highest BCUT2D eigenvalue weighted by molar-refractivity contribution is 5.58. The van der Waals surface area contributed by atoms with Crippen molar-refractivity contribution in [3.05, 3.63) is 41.9 Å². The Morgan fingerprint density at radius 2 is 1.89 bits per heavy atom. The smallest absolute Gasteiger partial charge is 0.341 e. The number of benzene rings is 1. The highest BCUT2D eigenvalue weighted by atomic mass is 19.4. The molecular weight excluding hydrogens is 255 g/mol. The molecule has 1 heterocycles. The van der Waals surface area contributed by atoms with Crippen molar-refractivity contribution in [3.8, 4) is 11.3 Å². The summed E-state index contributed by atoms with van der Waals surface area (Å²) >= 11 is 0. The average molecular weight is 269 g/mol. The van der Waals surface area contributed by atoms with Crippen LogP contribution in [-0.4, -0.2) is 16.5 Å². The number of nitrogens with one attached hydrogen (secondary N) is 2. The molecule has 0 amide bonds. The van der Waals surface area contributed by atoms with Gasteiger partial charge < -0.3 is 10.3 Å². The van der Waals surface area contributed by atoms with Crippen molar-refractivity contribution < 1.29 is 13.2 Å². The first kappa shape index (κ1) is 13.6. The van der Waals surface area contributed by atoms with E-state index in [1.54, 1.807) is 6.20 Å². The summed E-state index contributed by atoms with van der Waals surface area (Å²) in [5.41, 5.74) is 0.744. The van der Waals surface area contributed by atoms with E-state index in [0.29, 0.717) is 17.8 Å². The lowest BCUT2D eigenvalue weighted by Gasteiger charge is -2.06. The third kappa shape index (κ3) is 3.35. The molecule has 102 valence electrons. The predicted molar refractivity (Wildman–Crippen MR) is 66.4 cm³/mol. The van der Waals surface area contributed by atoms with E-state index >= 15 is 0 Å². The SMILES string of the molecule is CCNCc1ncc(-c2ccc(C(F)(F)F)cc2)[nH]1. The number of hydrogen-bond donors (Lipinski definition) is 2. The predicted octanol–water partition coefficient (Wildman–Crippen LogP) is 3.21. The van der Waals surface area contributed by atoms with E-state index in [9.17, 15) is 13.2 Å². The van der Waals surface area contributed by atoms with Crippen LogP contribution < -0.4 is 5.32 Å². The molecular formula is C13H14F3N3. The van der Waals surface area contributed by atoms with Crippen LogP contribution in [0.1, 0.15) is 18.3 Å². The topological polar surface area (TPSA) is 40.7 Å². The van der Waals surface area contributed by atoms with Crippen LogP contribution in [0.5, 0.6) is 0 Å². The average Bonchev–Trinajstić information content (AvgIpc) is 2.84. The van der Waals surface area contributed by atoms with Gasteiger partial charge in [0.05, 0.1) is 24.0 Å². The van der Waals surface area contributed by atoms with Gasteiger partial charge in [0, 0.05) is 0 Å². The number of halogens is 3. The normalized spacial score (nSPS) is 11.8. The number of aromatic amines is 1. The van der Waals surface area contributed by atoms with E-state index in [1.807, 2.05) is 6.92 Å². The van der Waals surface area contributed by atoms with Crippen molar-refractivity contribution >= 4 is 0 Å². The molecule has 1 aromatic carbocycles.